The number of hydrogen-bond acceptors (Lipinski definition) is 5. The Kier molecular flexibility index (Phi) is 6.99. The van der Waals surface area contributed by atoms with Crippen LogP contribution in [0.5, 0.6) is 5.88 Å². The summed E-state index contributed by atoms with van der Waals surface area (Å²) in [6.45, 7) is 4.99. The number of carbonyl (C=O) groups excluding carboxylic acids is 1. The average molecular weight is 522 g/mol. The lowest BCUT2D eigenvalue weighted by Crippen LogP contribution is -2.42. The molecule has 0 radical (unpaired) electrons. The zero-order valence-corrected chi connectivity index (χ0v) is 21.4. The van der Waals surface area contributed by atoms with Crippen molar-refractivity contribution in [3.63, 3.8) is 0 Å². The van der Waals surface area contributed by atoms with Crippen molar-refractivity contribution in [2.75, 3.05) is 29.9 Å². The van der Waals surface area contributed by atoms with Crippen LogP contribution < -0.4 is 20.3 Å². The third-order valence-corrected chi connectivity index (χ3v) is 6.66. The molecule has 1 saturated heterocycles. The minimum Gasteiger partial charge on any atom is -0.477 e. The van der Waals surface area contributed by atoms with Crippen molar-refractivity contribution >= 4 is 17.7 Å². The number of para-hydroxylation sites is 1. The Labute approximate surface area is 219 Å². The predicted octanol–water partition coefficient (Wildman–Crippen LogP) is 4.39. The van der Waals surface area contributed by atoms with Crippen LogP contribution in [0.2, 0.25) is 0 Å². The fourth-order valence-corrected chi connectivity index (χ4v) is 4.91. The number of hydrogen-bond donors (Lipinski definition) is 2. The number of benzene rings is 2. The van der Waals surface area contributed by atoms with Gasteiger partial charge >= 0.3 is 6.03 Å². The van der Waals surface area contributed by atoms with Gasteiger partial charge in [-0.1, -0.05) is 18.2 Å². The van der Waals surface area contributed by atoms with E-state index in [1.54, 1.807) is 15.6 Å². The topological polar surface area (TPSA) is 89.2 Å². The summed E-state index contributed by atoms with van der Waals surface area (Å²) in [4.78, 5) is 15.4. The normalized spacial score (nSPS) is 17.0. The third-order valence-electron chi connectivity index (χ3n) is 6.66. The molecule has 0 saturated carbocycles. The van der Waals surface area contributed by atoms with Crippen molar-refractivity contribution in [2.24, 2.45) is 7.05 Å². The molecule has 1 aliphatic heterocycles. The van der Waals surface area contributed by atoms with Gasteiger partial charge in [0.05, 0.1) is 30.1 Å². The van der Waals surface area contributed by atoms with Crippen molar-refractivity contribution in [3.8, 4) is 11.6 Å². The maximum Gasteiger partial charge on any atom is 0.320 e. The molecule has 38 heavy (non-hydrogen) atoms. The molecule has 0 bridgehead atoms. The van der Waals surface area contributed by atoms with E-state index in [0.29, 0.717) is 42.5 Å². The standard InChI is InChI=1S/C27H29F2N7O2/c1-4-38-26-17(2)25(36(33-26)21-8-6-5-7-9-21)32-27(37)31-23-16-35(24-10-11-30-34(24)3)15-22(23)18-12-19(28)14-20(29)13-18/h5-14,22-23H,4,15-16H2,1-3H3,(H2,31,32,37)/t22-,23+/m1/s1. The Bertz CT molecular complexity index is 1420. The SMILES string of the molecule is CCOc1nn(-c2ccccc2)c(NC(=O)N[C@H]2CN(c3ccnn3C)C[C@@H]2c2cc(F)cc(F)c2)c1C. The molecule has 198 valence electrons. The minimum atomic E-state index is -0.659. The molecule has 1 aliphatic rings. The first-order valence-electron chi connectivity index (χ1n) is 12.4. The van der Waals surface area contributed by atoms with Crippen LogP contribution in [-0.2, 0) is 7.05 Å². The highest BCUT2D eigenvalue weighted by Gasteiger charge is 2.37. The van der Waals surface area contributed by atoms with Gasteiger partial charge in [-0.25, -0.2) is 18.3 Å². The van der Waals surface area contributed by atoms with Crippen LogP contribution in [0, 0.1) is 18.6 Å². The lowest BCUT2D eigenvalue weighted by molar-refractivity contribution is 0.248. The lowest BCUT2D eigenvalue weighted by Gasteiger charge is -2.21. The first kappa shape index (κ1) is 25.2. The highest BCUT2D eigenvalue weighted by atomic mass is 19.1. The first-order chi connectivity index (χ1) is 18.3. The number of rotatable bonds is 7. The van der Waals surface area contributed by atoms with Gasteiger partial charge in [-0.3, -0.25) is 10.00 Å². The molecule has 2 aromatic carbocycles. The Balaban J connectivity index is 1.42. The van der Waals surface area contributed by atoms with Gasteiger partial charge in [-0.2, -0.15) is 5.10 Å². The zero-order chi connectivity index (χ0) is 26.8. The molecule has 3 heterocycles. The highest BCUT2D eigenvalue weighted by molar-refractivity contribution is 5.90. The molecular formula is C27H29F2N7O2. The largest absolute Gasteiger partial charge is 0.477 e. The molecule has 2 N–H and O–H groups in total. The predicted molar refractivity (Wildman–Crippen MR) is 140 cm³/mol. The Morgan fingerprint density at radius 3 is 2.50 bits per heavy atom. The number of aryl methyl sites for hydroxylation is 1. The average Bonchev–Trinajstić information content (AvgIpc) is 3.58. The molecule has 2 aromatic heterocycles. The molecule has 4 aromatic rings. The molecule has 11 heteroatoms. The van der Waals surface area contributed by atoms with E-state index in [1.807, 2.05) is 62.2 Å². The van der Waals surface area contributed by atoms with E-state index < -0.39 is 23.7 Å². The number of aromatic nitrogens is 4. The van der Waals surface area contributed by atoms with Gasteiger partial charge in [-0.05, 0) is 43.7 Å². The number of amides is 2. The molecule has 9 nitrogen and oxygen atoms in total. The zero-order valence-electron chi connectivity index (χ0n) is 21.4. The lowest BCUT2D eigenvalue weighted by atomic mass is 9.94. The van der Waals surface area contributed by atoms with E-state index in [-0.39, 0.29) is 5.92 Å². The highest BCUT2D eigenvalue weighted by Crippen LogP contribution is 2.33. The smallest absolute Gasteiger partial charge is 0.320 e. The fourth-order valence-electron chi connectivity index (χ4n) is 4.91. The number of nitrogens with zero attached hydrogens (tertiary/aromatic N) is 5. The van der Waals surface area contributed by atoms with Gasteiger partial charge in [0.25, 0.3) is 0 Å². The third kappa shape index (κ3) is 5.04. The summed E-state index contributed by atoms with van der Waals surface area (Å²) in [5.41, 5.74) is 1.91. The minimum absolute atomic E-state index is 0.361. The molecule has 2 amide bonds. The van der Waals surface area contributed by atoms with Crippen molar-refractivity contribution < 1.29 is 18.3 Å². The van der Waals surface area contributed by atoms with Crippen molar-refractivity contribution in [1.29, 1.82) is 0 Å². The van der Waals surface area contributed by atoms with Gasteiger partial charge < -0.3 is 15.0 Å². The summed E-state index contributed by atoms with van der Waals surface area (Å²) in [7, 11) is 1.82. The van der Waals surface area contributed by atoms with Crippen molar-refractivity contribution in [3.05, 3.63) is 83.6 Å². The van der Waals surface area contributed by atoms with Crippen LogP contribution in [0.3, 0.4) is 0 Å². The quantitative estimate of drug-likeness (QED) is 0.377. The number of ether oxygens (including phenoxy) is 1. The Morgan fingerprint density at radius 1 is 1.11 bits per heavy atom. The van der Waals surface area contributed by atoms with E-state index in [1.165, 1.54) is 12.1 Å². The molecule has 5 rings (SSSR count). The second kappa shape index (κ2) is 10.5. The van der Waals surface area contributed by atoms with Crippen LogP contribution in [0.1, 0.15) is 24.0 Å². The van der Waals surface area contributed by atoms with Crippen LogP contribution in [0.15, 0.2) is 60.8 Å². The molecule has 0 aliphatic carbocycles. The van der Waals surface area contributed by atoms with E-state index in [0.717, 1.165) is 17.6 Å². The van der Waals surface area contributed by atoms with Crippen LogP contribution in [0.25, 0.3) is 5.69 Å². The van der Waals surface area contributed by atoms with E-state index in [4.69, 9.17) is 4.74 Å². The number of nitrogens with one attached hydrogen (secondary N) is 2. The molecule has 1 fully saturated rings. The Hall–Kier alpha value is -4.41. The molecule has 2 atom stereocenters. The van der Waals surface area contributed by atoms with Gasteiger partial charge in [0.15, 0.2) is 0 Å². The maximum atomic E-state index is 14.1. The van der Waals surface area contributed by atoms with Gasteiger partial charge in [0.2, 0.25) is 5.88 Å². The second-order valence-corrected chi connectivity index (χ2v) is 9.19. The summed E-state index contributed by atoms with van der Waals surface area (Å²) in [5, 5.41) is 14.7. The van der Waals surface area contributed by atoms with Crippen LogP contribution >= 0.6 is 0 Å². The van der Waals surface area contributed by atoms with Crippen LogP contribution in [0.4, 0.5) is 25.2 Å². The van der Waals surface area contributed by atoms with E-state index >= 15 is 0 Å². The monoisotopic (exact) mass is 521 g/mol. The summed E-state index contributed by atoms with van der Waals surface area (Å²) < 4.78 is 37.3. The van der Waals surface area contributed by atoms with Crippen LogP contribution in [-0.4, -0.2) is 51.3 Å². The summed E-state index contributed by atoms with van der Waals surface area (Å²) in [5.74, 6) is 0.0481. The summed E-state index contributed by atoms with van der Waals surface area (Å²) >= 11 is 0. The van der Waals surface area contributed by atoms with Gasteiger partial charge in [-0.15, -0.1) is 5.10 Å². The van der Waals surface area contributed by atoms with Crippen molar-refractivity contribution in [2.45, 2.75) is 25.8 Å². The fraction of sp³-hybridized carbons (Fsp3) is 0.296. The molecule has 0 unspecified atom stereocenters. The van der Waals surface area contributed by atoms with Gasteiger partial charge in [0.1, 0.15) is 23.3 Å². The Morgan fingerprint density at radius 2 is 1.84 bits per heavy atom. The molecule has 0 spiro atoms. The number of carbonyl (C=O) groups is 1. The number of urea groups is 1. The van der Waals surface area contributed by atoms with Crippen molar-refractivity contribution in [1.82, 2.24) is 24.9 Å². The maximum absolute atomic E-state index is 14.1. The summed E-state index contributed by atoms with van der Waals surface area (Å²) in [6, 6.07) is 13.8. The van der Waals surface area contributed by atoms with Gasteiger partial charge in [0, 0.05) is 38.2 Å². The second-order valence-electron chi connectivity index (χ2n) is 9.19. The summed E-state index contributed by atoms with van der Waals surface area (Å²) in [6.07, 6.45) is 1.68. The number of anilines is 2. The van der Waals surface area contributed by atoms with E-state index in [2.05, 4.69) is 20.8 Å². The van der Waals surface area contributed by atoms with E-state index in [9.17, 15) is 13.6 Å². The molecular weight excluding hydrogens is 492 g/mol. The number of halogens is 2. The first-order valence-corrected chi connectivity index (χ1v) is 12.4.